The topological polar surface area (TPSA) is 51.6 Å². The van der Waals surface area contributed by atoms with E-state index < -0.39 is 0 Å². The van der Waals surface area contributed by atoms with Gasteiger partial charge < -0.3 is 19.7 Å². The van der Waals surface area contributed by atoms with Crippen LogP contribution in [-0.4, -0.2) is 41.1 Å². The number of methoxy groups -OCH3 is 2. The molecule has 0 fully saturated rings. The summed E-state index contributed by atoms with van der Waals surface area (Å²) in [4.78, 5) is 2.00. The number of rotatable bonds is 6. The third-order valence-electron chi connectivity index (χ3n) is 4.22. The summed E-state index contributed by atoms with van der Waals surface area (Å²) in [6.07, 6.45) is 0. The van der Waals surface area contributed by atoms with Crippen molar-refractivity contribution in [2.24, 2.45) is 0 Å². The Hall–Kier alpha value is -2.28. The third kappa shape index (κ3) is 4.22. The molecule has 2 aromatic rings. The summed E-state index contributed by atoms with van der Waals surface area (Å²) in [7, 11) is 5.22. The van der Waals surface area contributed by atoms with Crippen molar-refractivity contribution in [2.45, 2.75) is 33.9 Å². The fourth-order valence-corrected chi connectivity index (χ4v) is 2.87. The van der Waals surface area contributed by atoms with Crippen LogP contribution in [-0.2, 0) is 13.1 Å². The molecule has 0 unspecified atom stereocenters. The van der Waals surface area contributed by atoms with Gasteiger partial charge in [0.15, 0.2) is 5.11 Å². The first-order valence-corrected chi connectivity index (χ1v) is 8.59. The summed E-state index contributed by atoms with van der Waals surface area (Å²) in [5.74, 6) is 1.42. The second-order valence-corrected chi connectivity index (χ2v) is 6.20. The lowest BCUT2D eigenvalue weighted by Crippen LogP contribution is -2.31. The molecule has 0 saturated heterocycles. The minimum atomic E-state index is 0.617. The summed E-state index contributed by atoms with van der Waals surface area (Å²) in [5, 5.41) is 8.42. The number of hydrogen-bond donors (Lipinski definition) is 1. The van der Waals surface area contributed by atoms with Crippen molar-refractivity contribution in [3.8, 4) is 11.5 Å². The Bertz CT molecular complexity index is 758. The summed E-state index contributed by atoms with van der Waals surface area (Å²) >= 11 is 5.55. The summed E-state index contributed by atoms with van der Waals surface area (Å²) in [5.41, 5.74) is 4.22. The SMILES string of the molecule is CCn1nc(C)c(CN(C)C(=S)Nc2ccc(OC)cc2OC)c1C. The molecular weight excluding hydrogens is 336 g/mol. The largest absolute Gasteiger partial charge is 0.497 e. The Morgan fingerprint density at radius 1 is 1.28 bits per heavy atom. The van der Waals surface area contributed by atoms with E-state index in [1.807, 2.05) is 41.8 Å². The highest BCUT2D eigenvalue weighted by Gasteiger charge is 2.15. The maximum Gasteiger partial charge on any atom is 0.173 e. The predicted molar refractivity (Wildman–Crippen MR) is 105 cm³/mol. The van der Waals surface area contributed by atoms with E-state index in [4.69, 9.17) is 21.7 Å². The number of aryl methyl sites for hydroxylation is 2. The second-order valence-electron chi connectivity index (χ2n) is 5.82. The minimum absolute atomic E-state index is 0.617. The van der Waals surface area contributed by atoms with Crippen LogP contribution in [0.5, 0.6) is 11.5 Å². The van der Waals surface area contributed by atoms with E-state index >= 15 is 0 Å². The van der Waals surface area contributed by atoms with Crippen LogP contribution >= 0.6 is 12.2 Å². The molecule has 1 aromatic heterocycles. The molecule has 0 spiro atoms. The Morgan fingerprint density at radius 3 is 2.56 bits per heavy atom. The monoisotopic (exact) mass is 362 g/mol. The molecule has 0 radical (unpaired) electrons. The van der Waals surface area contributed by atoms with Crippen molar-refractivity contribution in [1.29, 1.82) is 0 Å². The molecular formula is C18H26N4O2S. The van der Waals surface area contributed by atoms with Crippen LogP contribution in [0.25, 0.3) is 0 Å². The predicted octanol–water partition coefficient (Wildman–Crippen LogP) is 3.37. The number of nitrogens with zero attached hydrogens (tertiary/aromatic N) is 3. The Kier molecular flexibility index (Phi) is 6.25. The fraction of sp³-hybridized carbons (Fsp3) is 0.444. The molecule has 6 nitrogen and oxygen atoms in total. The van der Waals surface area contributed by atoms with Crippen LogP contribution in [0.1, 0.15) is 23.9 Å². The van der Waals surface area contributed by atoms with Gasteiger partial charge in [0.2, 0.25) is 0 Å². The summed E-state index contributed by atoms with van der Waals surface area (Å²) in [6.45, 7) is 7.78. The first-order chi connectivity index (χ1) is 11.9. The Labute approximate surface area is 154 Å². The lowest BCUT2D eigenvalue weighted by Gasteiger charge is -2.22. The Balaban J connectivity index is 2.12. The number of ether oxygens (including phenoxy) is 2. The molecule has 1 N–H and O–H groups in total. The van der Waals surface area contributed by atoms with Gasteiger partial charge in [-0.25, -0.2) is 0 Å². The van der Waals surface area contributed by atoms with E-state index in [0.717, 1.165) is 23.7 Å². The van der Waals surface area contributed by atoms with Crippen molar-refractivity contribution in [3.63, 3.8) is 0 Å². The van der Waals surface area contributed by atoms with Gasteiger partial charge >= 0.3 is 0 Å². The normalized spacial score (nSPS) is 10.5. The fourth-order valence-electron chi connectivity index (χ4n) is 2.69. The third-order valence-corrected chi connectivity index (χ3v) is 4.64. The molecule has 25 heavy (non-hydrogen) atoms. The van der Waals surface area contributed by atoms with Gasteiger partial charge in [-0.1, -0.05) is 0 Å². The lowest BCUT2D eigenvalue weighted by molar-refractivity contribution is 0.395. The average molecular weight is 362 g/mol. The zero-order valence-electron chi connectivity index (χ0n) is 15.7. The van der Waals surface area contributed by atoms with Crippen molar-refractivity contribution in [1.82, 2.24) is 14.7 Å². The van der Waals surface area contributed by atoms with Crippen LogP contribution < -0.4 is 14.8 Å². The molecule has 2 rings (SSSR count). The molecule has 0 bridgehead atoms. The van der Waals surface area contributed by atoms with E-state index in [9.17, 15) is 0 Å². The first kappa shape index (κ1) is 19.1. The Morgan fingerprint density at radius 2 is 2.00 bits per heavy atom. The maximum absolute atomic E-state index is 5.55. The molecule has 0 aliphatic heterocycles. The second kappa shape index (κ2) is 8.20. The highest BCUT2D eigenvalue weighted by molar-refractivity contribution is 7.80. The average Bonchev–Trinajstić information content (AvgIpc) is 2.89. The van der Waals surface area contributed by atoms with E-state index in [2.05, 4.69) is 24.3 Å². The number of nitrogens with one attached hydrogen (secondary N) is 1. The van der Waals surface area contributed by atoms with Crippen molar-refractivity contribution in [2.75, 3.05) is 26.6 Å². The highest BCUT2D eigenvalue weighted by atomic mass is 32.1. The van der Waals surface area contributed by atoms with Crippen molar-refractivity contribution in [3.05, 3.63) is 35.2 Å². The van der Waals surface area contributed by atoms with Gasteiger partial charge in [0.1, 0.15) is 11.5 Å². The first-order valence-electron chi connectivity index (χ1n) is 8.18. The van der Waals surface area contributed by atoms with Gasteiger partial charge in [0.25, 0.3) is 0 Å². The molecule has 0 amide bonds. The van der Waals surface area contributed by atoms with E-state index in [-0.39, 0.29) is 0 Å². The van der Waals surface area contributed by atoms with E-state index in [0.29, 0.717) is 17.4 Å². The van der Waals surface area contributed by atoms with Crippen molar-refractivity contribution >= 4 is 23.0 Å². The van der Waals surface area contributed by atoms with Crippen LogP contribution in [0.4, 0.5) is 5.69 Å². The summed E-state index contributed by atoms with van der Waals surface area (Å²) in [6, 6.07) is 5.58. The minimum Gasteiger partial charge on any atom is -0.497 e. The molecule has 0 aliphatic rings. The number of anilines is 1. The van der Waals surface area contributed by atoms with Gasteiger partial charge in [0.05, 0.1) is 25.6 Å². The lowest BCUT2D eigenvalue weighted by atomic mass is 10.2. The van der Waals surface area contributed by atoms with Gasteiger partial charge in [-0.15, -0.1) is 0 Å². The molecule has 0 saturated carbocycles. The van der Waals surface area contributed by atoms with Crippen LogP contribution in [0.3, 0.4) is 0 Å². The van der Waals surface area contributed by atoms with Gasteiger partial charge in [0, 0.05) is 37.5 Å². The number of hydrogen-bond acceptors (Lipinski definition) is 4. The maximum atomic E-state index is 5.55. The van der Waals surface area contributed by atoms with Gasteiger partial charge in [-0.2, -0.15) is 5.10 Å². The molecule has 7 heteroatoms. The molecule has 136 valence electrons. The van der Waals surface area contributed by atoms with E-state index in [1.165, 1.54) is 11.3 Å². The molecule has 0 atom stereocenters. The number of benzene rings is 1. The van der Waals surface area contributed by atoms with Crippen molar-refractivity contribution < 1.29 is 9.47 Å². The van der Waals surface area contributed by atoms with Gasteiger partial charge in [-0.05, 0) is 45.1 Å². The zero-order valence-corrected chi connectivity index (χ0v) is 16.5. The van der Waals surface area contributed by atoms with Crippen LogP contribution in [0.2, 0.25) is 0 Å². The standard InChI is InChI=1S/C18H26N4O2S/c1-7-22-13(3)15(12(2)20-22)11-21(4)18(25)19-16-9-8-14(23-5)10-17(16)24-6/h8-10H,7,11H2,1-6H3,(H,19,25). The molecule has 0 aliphatic carbocycles. The molecule has 1 aromatic carbocycles. The highest BCUT2D eigenvalue weighted by Crippen LogP contribution is 2.29. The van der Waals surface area contributed by atoms with Gasteiger partial charge in [-0.3, -0.25) is 4.68 Å². The van der Waals surface area contributed by atoms with Crippen LogP contribution in [0.15, 0.2) is 18.2 Å². The quantitative estimate of drug-likeness (QED) is 0.795. The number of thiocarbonyl (C=S) groups is 1. The van der Waals surface area contributed by atoms with E-state index in [1.54, 1.807) is 14.2 Å². The zero-order chi connectivity index (χ0) is 18.6. The smallest absolute Gasteiger partial charge is 0.173 e. The summed E-state index contributed by atoms with van der Waals surface area (Å²) < 4.78 is 12.6. The molecule has 1 heterocycles. The van der Waals surface area contributed by atoms with Crippen LogP contribution in [0, 0.1) is 13.8 Å². The number of aromatic nitrogens is 2.